The third kappa shape index (κ3) is 4.24. The van der Waals surface area contributed by atoms with E-state index < -0.39 is 6.04 Å². The highest BCUT2D eigenvalue weighted by Gasteiger charge is 2.23. The van der Waals surface area contributed by atoms with E-state index in [9.17, 15) is 9.59 Å². The molecule has 2 aromatic heterocycles. The van der Waals surface area contributed by atoms with Gasteiger partial charge in [-0.25, -0.2) is 0 Å². The molecule has 0 fully saturated rings. The number of nitrogens with zero attached hydrogens (tertiary/aromatic N) is 1. The Hall–Kier alpha value is -3.89. The molecule has 30 heavy (non-hydrogen) atoms. The van der Waals surface area contributed by atoms with Crippen LogP contribution in [-0.4, -0.2) is 22.8 Å². The van der Waals surface area contributed by atoms with E-state index in [4.69, 9.17) is 5.26 Å². The van der Waals surface area contributed by atoms with Crippen LogP contribution in [0.4, 0.5) is 5.69 Å². The van der Waals surface area contributed by atoms with Crippen LogP contribution in [0, 0.1) is 11.3 Å². The molecule has 0 spiro atoms. The Kier molecular flexibility index (Phi) is 5.59. The highest BCUT2D eigenvalue weighted by Crippen LogP contribution is 2.20. The highest BCUT2D eigenvalue weighted by atomic mass is 32.1. The quantitative estimate of drug-likeness (QED) is 0.443. The number of benzene rings is 2. The molecule has 3 N–H and O–H groups in total. The Morgan fingerprint density at radius 3 is 2.60 bits per heavy atom. The first-order valence-corrected chi connectivity index (χ1v) is 10.2. The van der Waals surface area contributed by atoms with Crippen molar-refractivity contribution in [2.75, 3.05) is 5.32 Å². The van der Waals surface area contributed by atoms with Crippen LogP contribution in [0.3, 0.4) is 0 Å². The number of hydrogen-bond donors (Lipinski definition) is 3. The number of carbonyl (C=O) groups is 2. The third-order valence-corrected chi connectivity index (χ3v) is 5.62. The summed E-state index contributed by atoms with van der Waals surface area (Å²) < 4.78 is 0. The van der Waals surface area contributed by atoms with Crippen molar-refractivity contribution in [3.63, 3.8) is 0 Å². The van der Waals surface area contributed by atoms with Gasteiger partial charge in [0.05, 0.1) is 16.5 Å². The monoisotopic (exact) mass is 414 g/mol. The molecule has 7 heteroatoms. The summed E-state index contributed by atoms with van der Waals surface area (Å²) in [7, 11) is 0. The van der Waals surface area contributed by atoms with Crippen LogP contribution in [0.1, 0.15) is 20.8 Å². The Morgan fingerprint density at radius 2 is 1.87 bits per heavy atom. The van der Waals surface area contributed by atoms with Crippen molar-refractivity contribution in [1.29, 1.82) is 5.26 Å². The van der Waals surface area contributed by atoms with E-state index in [1.807, 2.05) is 41.9 Å². The summed E-state index contributed by atoms with van der Waals surface area (Å²) in [6.07, 6.45) is 2.20. The van der Waals surface area contributed by atoms with Crippen LogP contribution in [-0.2, 0) is 11.2 Å². The maximum atomic E-state index is 13.0. The first-order valence-electron chi connectivity index (χ1n) is 9.34. The smallest absolute Gasteiger partial charge is 0.262 e. The number of fused-ring (bicyclic) bond motifs is 1. The van der Waals surface area contributed by atoms with Gasteiger partial charge in [-0.3, -0.25) is 9.59 Å². The minimum absolute atomic E-state index is 0.287. The fourth-order valence-corrected chi connectivity index (χ4v) is 3.85. The lowest BCUT2D eigenvalue weighted by molar-refractivity contribution is -0.118. The van der Waals surface area contributed by atoms with Gasteiger partial charge in [-0.05, 0) is 47.3 Å². The van der Waals surface area contributed by atoms with E-state index in [1.165, 1.54) is 11.3 Å². The SMILES string of the molecule is N#Cc1ccc(NC(=O)[C@H](Cc2c[nH]c3ccccc23)NC(=O)c2cccs2)cc1. The number of hydrogen-bond acceptors (Lipinski definition) is 4. The van der Waals surface area contributed by atoms with E-state index in [-0.39, 0.29) is 11.8 Å². The average molecular weight is 414 g/mol. The van der Waals surface area contributed by atoms with Crippen molar-refractivity contribution < 1.29 is 9.59 Å². The molecule has 148 valence electrons. The van der Waals surface area contributed by atoms with Crippen molar-refractivity contribution in [2.45, 2.75) is 12.5 Å². The van der Waals surface area contributed by atoms with Crippen molar-refractivity contribution in [2.24, 2.45) is 0 Å². The minimum Gasteiger partial charge on any atom is -0.361 e. The summed E-state index contributed by atoms with van der Waals surface area (Å²) in [6.45, 7) is 0. The summed E-state index contributed by atoms with van der Waals surface area (Å²) in [5.74, 6) is -0.611. The van der Waals surface area contributed by atoms with Gasteiger partial charge in [0.15, 0.2) is 0 Å². The van der Waals surface area contributed by atoms with E-state index >= 15 is 0 Å². The molecule has 0 bridgehead atoms. The Labute approximate surface area is 177 Å². The highest BCUT2D eigenvalue weighted by molar-refractivity contribution is 7.12. The van der Waals surface area contributed by atoms with Gasteiger partial charge in [0.2, 0.25) is 5.91 Å². The maximum absolute atomic E-state index is 13.0. The molecule has 2 amide bonds. The van der Waals surface area contributed by atoms with Gasteiger partial charge in [0, 0.05) is 29.2 Å². The molecule has 2 heterocycles. The first-order chi connectivity index (χ1) is 14.6. The Morgan fingerprint density at radius 1 is 1.07 bits per heavy atom. The van der Waals surface area contributed by atoms with Gasteiger partial charge in [0.25, 0.3) is 5.91 Å². The number of carbonyl (C=O) groups excluding carboxylic acids is 2. The fourth-order valence-electron chi connectivity index (χ4n) is 3.22. The van der Waals surface area contributed by atoms with Crippen molar-refractivity contribution in [3.8, 4) is 6.07 Å². The minimum atomic E-state index is -0.769. The number of rotatable bonds is 6. The number of H-pyrrole nitrogens is 1. The first kappa shape index (κ1) is 19.4. The van der Waals surface area contributed by atoms with Crippen molar-refractivity contribution in [3.05, 3.63) is 88.2 Å². The zero-order valence-corrected chi connectivity index (χ0v) is 16.7. The van der Waals surface area contributed by atoms with Crippen LogP contribution in [0.2, 0.25) is 0 Å². The standard InChI is InChI=1S/C23H18N4O2S/c24-13-15-7-9-17(10-8-15)26-22(28)20(27-23(29)21-6-3-11-30-21)12-16-14-25-19-5-2-1-4-18(16)19/h1-11,14,20,25H,12H2,(H,26,28)(H,27,29)/t20-/m0/s1. The molecule has 1 atom stereocenters. The van der Waals surface area contributed by atoms with Gasteiger partial charge in [0.1, 0.15) is 6.04 Å². The molecular formula is C23H18N4O2S. The van der Waals surface area contributed by atoms with E-state index in [2.05, 4.69) is 15.6 Å². The molecule has 0 saturated heterocycles. The third-order valence-electron chi connectivity index (χ3n) is 4.75. The summed E-state index contributed by atoms with van der Waals surface area (Å²) >= 11 is 1.32. The number of aromatic nitrogens is 1. The molecule has 2 aromatic carbocycles. The van der Waals surface area contributed by atoms with Gasteiger partial charge < -0.3 is 15.6 Å². The molecule has 0 saturated carbocycles. The normalized spacial score (nSPS) is 11.6. The zero-order chi connectivity index (χ0) is 20.9. The van der Waals surface area contributed by atoms with Crippen molar-refractivity contribution in [1.82, 2.24) is 10.3 Å². The molecule has 0 radical (unpaired) electrons. The van der Waals surface area contributed by atoms with Crippen molar-refractivity contribution >= 4 is 39.7 Å². The van der Waals surface area contributed by atoms with Gasteiger partial charge >= 0.3 is 0 Å². The predicted octanol–water partition coefficient (Wildman–Crippen LogP) is 4.08. The number of amides is 2. The Bertz CT molecular complexity index is 1220. The molecule has 4 rings (SSSR count). The lowest BCUT2D eigenvalue weighted by Gasteiger charge is -2.18. The summed E-state index contributed by atoms with van der Waals surface area (Å²) in [6, 6.07) is 19.2. The lowest BCUT2D eigenvalue weighted by Crippen LogP contribution is -2.45. The zero-order valence-electron chi connectivity index (χ0n) is 15.9. The fraction of sp³-hybridized carbons (Fsp3) is 0.0870. The molecule has 0 aliphatic carbocycles. The number of nitrogens with one attached hydrogen (secondary N) is 3. The maximum Gasteiger partial charge on any atom is 0.262 e. The van der Waals surface area contributed by atoms with Crippen LogP contribution in [0.5, 0.6) is 0 Å². The number of para-hydroxylation sites is 1. The van der Waals surface area contributed by atoms with Gasteiger partial charge in [-0.15, -0.1) is 11.3 Å². The van der Waals surface area contributed by atoms with Crippen LogP contribution < -0.4 is 10.6 Å². The number of anilines is 1. The second kappa shape index (κ2) is 8.64. The Balaban J connectivity index is 1.57. The second-order valence-corrected chi connectivity index (χ2v) is 7.69. The predicted molar refractivity (Wildman–Crippen MR) is 117 cm³/mol. The van der Waals surface area contributed by atoms with E-state index in [0.29, 0.717) is 22.5 Å². The molecule has 0 aliphatic heterocycles. The number of aromatic amines is 1. The number of nitriles is 1. The topological polar surface area (TPSA) is 97.8 Å². The summed E-state index contributed by atoms with van der Waals surface area (Å²) in [5, 5.41) is 17.5. The molecule has 6 nitrogen and oxygen atoms in total. The molecular weight excluding hydrogens is 396 g/mol. The van der Waals surface area contributed by atoms with E-state index in [0.717, 1.165) is 16.5 Å². The van der Waals surface area contributed by atoms with Gasteiger partial charge in [-0.1, -0.05) is 24.3 Å². The summed E-state index contributed by atoms with van der Waals surface area (Å²) in [4.78, 5) is 29.4. The largest absolute Gasteiger partial charge is 0.361 e. The van der Waals surface area contributed by atoms with E-state index in [1.54, 1.807) is 36.4 Å². The van der Waals surface area contributed by atoms with Gasteiger partial charge in [-0.2, -0.15) is 5.26 Å². The molecule has 0 aliphatic rings. The number of thiophene rings is 1. The van der Waals surface area contributed by atoms with Crippen LogP contribution in [0.25, 0.3) is 10.9 Å². The summed E-state index contributed by atoms with van der Waals surface area (Å²) in [5.41, 5.74) is 2.99. The lowest BCUT2D eigenvalue weighted by atomic mass is 10.0. The second-order valence-electron chi connectivity index (χ2n) is 6.75. The molecule has 0 unspecified atom stereocenters. The van der Waals surface area contributed by atoms with Crippen LogP contribution in [0.15, 0.2) is 72.2 Å². The van der Waals surface area contributed by atoms with Crippen LogP contribution >= 0.6 is 11.3 Å². The molecule has 4 aromatic rings. The average Bonchev–Trinajstić information content (AvgIpc) is 3.44.